The van der Waals surface area contributed by atoms with Gasteiger partial charge in [0.15, 0.2) is 0 Å². The Labute approximate surface area is 88.0 Å². The van der Waals surface area contributed by atoms with Crippen molar-refractivity contribution < 1.29 is 9.63 Å². The molecule has 8 heteroatoms. The molecule has 1 rings (SSSR count). The number of nitrogens with zero attached hydrogens (tertiary/aromatic N) is 2. The fourth-order valence-corrected chi connectivity index (χ4v) is 1.72. The zero-order valence-electron chi connectivity index (χ0n) is 8.67. The van der Waals surface area contributed by atoms with E-state index >= 15 is 0 Å². The number of hydrazine groups is 2. The Balaban J connectivity index is 2.65. The second-order valence-electron chi connectivity index (χ2n) is 3.71. The maximum absolute atomic E-state index is 11.0. The number of carbonyl (C=O) groups excluding carboxylic acids is 1. The van der Waals surface area contributed by atoms with Crippen LogP contribution in [0, 0.1) is 5.92 Å². The third kappa shape index (κ3) is 2.62. The highest BCUT2D eigenvalue weighted by atomic mass is 16.6. The van der Waals surface area contributed by atoms with Gasteiger partial charge >= 0.3 is 0 Å². The van der Waals surface area contributed by atoms with Gasteiger partial charge in [-0.15, -0.1) is 0 Å². The van der Waals surface area contributed by atoms with Crippen LogP contribution in [0.5, 0.6) is 0 Å². The van der Waals surface area contributed by atoms with E-state index in [0.717, 1.165) is 5.01 Å². The number of nitrogens with two attached hydrogens (primary N) is 4. The summed E-state index contributed by atoms with van der Waals surface area (Å²) < 4.78 is 0. The third-order valence-corrected chi connectivity index (χ3v) is 2.64. The molecule has 0 unspecified atom stereocenters. The van der Waals surface area contributed by atoms with E-state index in [-0.39, 0.29) is 17.9 Å². The van der Waals surface area contributed by atoms with Crippen LogP contribution in [0.3, 0.4) is 0 Å². The summed E-state index contributed by atoms with van der Waals surface area (Å²) in [6.07, 6.45) is -0.958. The molecule has 0 aromatic carbocycles. The largest absolute Gasteiger partial charge is 0.310 e. The minimum absolute atomic E-state index is 0.186. The van der Waals surface area contributed by atoms with Gasteiger partial charge in [-0.25, -0.2) is 16.7 Å². The van der Waals surface area contributed by atoms with Crippen molar-refractivity contribution in [3.05, 3.63) is 0 Å². The topological polar surface area (TPSA) is 137 Å². The lowest BCUT2D eigenvalue weighted by Crippen LogP contribution is -2.56. The molecular formula is C7H18N6O2. The maximum Gasteiger partial charge on any atom is 0.234 e. The van der Waals surface area contributed by atoms with Crippen molar-refractivity contribution in [2.24, 2.45) is 29.2 Å². The summed E-state index contributed by atoms with van der Waals surface area (Å²) in [4.78, 5) is 15.8. The summed E-state index contributed by atoms with van der Waals surface area (Å²) in [6.45, 7) is 2.30. The van der Waals surface area contributed by atoms with Crippen LogP contribution < -0.4 is 23.3 Å². The summed E-state index contributed by atoms with van der Waals surface area (Å²) in [6, 6.07) is 0. The zero-order chi connectivity index (χ0) is 11.6. The predicted molar refractivity (Wildman–Crippen MR) is 53.0 cm³/mol. The number of hydrogen-bond donors (Lipinski definition) is 4. The average molecular weight is 218 g/mol. The molecule has 0 aliphatic carbocycles. The molecule has 1 heterocycles. The van der Waals surface area contributed by atoms with E-state index in [2.05, 4.69) is 0 Å². The Morgan fingerprint density at radius 2 is 2.20 bits per heavy atom. The van der Waals surface area contributed by atoms with Gasteiger partial charge in [0.05, 0.1) is 0 Å². The van der Waals surface area contributed by atoms with Crippen molar-refractivity contribution in [2.75, 3.05) is 13.1 Å². The minimum atomic E-state index is -0.649. The summed E-state index contributed by atoms with van der Waals surface area (Å²) in [5.74, 6) is 15.7. The molecule has 1 fully saturated rings. The molecule has 0 spiro atoms. The minimum Gasteiger partial charge on any atom is -0.310 e. The van der Waals surface area contributed by atoms with E-state index in [4.69, 9.17) is 28.2 Å². The molecule has 0 radical (unpaired) electrons. The first-order chi connectivity index (χ1) is 6.97. The number of rotatable bonds is 3. The molecule has 1 aliphatic rings. The van der Waals surface area contributed by atoms with Crippen LogP contribution in [0.2, 0.25) is 0 Å². The highest BCUT2D eigenvalue weighted by Crippen LogP contribution is 2.19. The maximum atomic E-state index is 11.0. The van der Waals surface area contributed by atoms with E-state index in [1.165, 1.54) is 11.9 Å². The smallest absolute Gasteiger partial charge is 0.234 e. The van der Waals surface area contributed by atoms with Crippen molar-refractivity contribution in [3.63, 3.8) is 0 Å². The van der Waals surface area contributed by atoms with Crippen molar-refractivity contribution >= 4 is 5.91 Å². The van der Waals surface area contributed by atoms with Gasteiger partial charge in [0.25, 0.3) is 0 Å². The summed E-state index contributed by atoms with van der Waals surface area (Å²) in [5.41, 5.74) is 5.81. The highest BCUT2D eigenvalue weighted by Gasteiger charge is 2.38. The Morgan fingerprint density at radius 3 is 2.67 bits per heavy atom. The Bertz CT molecular complexity index is 238. The van der Waals surface area contributed by atoms with Crippen molar-refractivity contribution in [1.29, 1.82) is 0 Å². The molecule has 1 saturated heterocycles. The van der Waals surface area contributed by atoms with Gasteiger partial charge < -0.3 is 5.73 Å². The molecule has 0 bridgehead atoms. The molecular weight excluding hydrogens is 200 g/mol. The zero-order valence-corrected chi connectivity index (χ0v) is 8.67. The molecule has 3 atom stereocenters. The molecule has 15 heavy (non-hydrogen) atoms. The van der Waals surface area contributed by atoms with Gasteiger partial charge in [-0.05, 0) is 0 Å². The Hall–Kier alpha value is -0.770. The quantitative estimate of drug-likeness (QED) is 0.172. The summed E-state index contributed by atoms with van der Waals surface area (Å²) in [5, 5.41) is 2.51. The van der Waals surface area contributed by atoms with Crippen LogP contribution in [0.15, 0.2) is 0 Å². The lowest BCUT2D eigenvalue weighted by atomic mass is 10.0. The fraction of sp³-hybridized carbons (Fsp3) is 0.857. The molecule has 8 N–H and O–H groups in total. The molecule has 1 aliphatic heterocycles. The lowest BCUT2D eigenvalue weighted by molar-refractivity contribution is -0.133. The third-order valence-electron chi connectivity index (χ3n) is 2.64. The number of hydrogen-bond acceptors (Lipinski definition) is 7. The Morgan fingerprint density at radius 1 is 1.60 bits per heavy atom. The van der Waals surface area contributed by atoms with Crippen LogP contribution in [-0.2, 0) is 9.63 Å². The number of amides is 1. The number of carbonyl (C=O) groups is 1. The van der Waals surface area contributed by atoms with Gasteiger partial charge in [-0.2, -0.15) is 0 Å². The summed E-state index contributed by atoms with van der Waals surface area (Å²) >= 11 is 0. The first kappa shape index (κ1) is 12.3. The van der Waals surface area contributed by atoms with E-state index in [1.54, 1.807) is 0 Å². The standard InChI is InChI=1S/C7H18N6O2/c1-4(14)13(10)7(8)5-2-12(9)3-6(5)15-11/h5-7H,2-3,8-11H2,1H3/t5-,6+,7+/m1/s1. The summed E-state index contributed by atoms with van der Waals surface area (Å²) in [7, 11) is 0. The molecule has 0 aromatic rings. The fourth-order valence-electron chi connectivity index (χ4n) is 1.72. The van der Waals surface area contributed by atoms with E-state index in [1.807, 2.05) is 0 Å². The monoisotopic (exact) mass is 218 g/mol. The highest BCUT2D eigenvalue weighted by molar-refractivity contribution is 5.72. The van der Waals surface area contributed by atoms with Gasteiger partial charge in [0.1, 0.15) is 12.3 Å². The SMILES string of the molecule is CC(=O)N(N)[C@H](N)[C@@H]1CN(N)C[C@@H]1ON. The van der Waals surface area contributed by atoms with Crippen LogP contribution in [0.1, 0.15) is 6.92 Å². The predicted octanol–water partition coefficient (Wildman–Crippen LogP) is -2.94. The molecule has 8 nitrogen and oxygen atoms in total. The van der Waals surface area contributed by atoms with Crippen LogP contribution in [0.4, 0.5) is 0 Å². The second-order valence-corrected chi connectivity index (χ2v) is 3.71. The van der Waals surface area contributed by atoms with Gasteiger partial charge in [0, 0.05) is 25.9 Å². The van der Waals surface area contributed by atoms with Gasteiger partial charge in [-0.3, -0.25) is 20.5 Å². The second kappa shape index (κ2) is 4.84. The van der Waals surface area contributed by atoms with Crippen molar-refractivity contribution in [2.45, 2.75) is 19.2 Å². The average Bonchev–Trinajstić information content (AvgIpc) is 2.57. The lowest BCUT2D eigenvalue weighted by Gasteiger charge is -2.29. The van der Waals surface area contributed by atoms with Crippen LogP contribution in [-0.4, -0.2) is 41.3 Å². The molecule has 0 saturated carbocycles. The molecule has 1 amide bonds. The van der Waals surface area contributed by atoms with E-state index in [9.17, 15) is 4.79 Å². The Kier molecular flexibility index (Phi) is 3.97. The van der Waals surface area contributed by atoms with Gasteiger partial charge in [0.2, 0.25) is 5.91 Å². The van der Waals surface area contributed by atoms with Crippen molar-refractivity contribution in [1.82, 2.24) is 10.0 Å². The van der Waals surface area contributed by atoms with Crippen molar-refractivity contribution in [3.8, 4) is 0 Å². The van der Waals surface area contributed by atoms with E-state index < -0.39 is 6.17 Å². The molecule has 0 aromatic heterocycles. The normalized spacial score (nSPS) is 29.1. The first-order valence-corrected chi connectivity index (χ1v) is 4.62. The molecule has 88 valence electrons. The van der Waals surface area contributed by atoms with Gasteiger partial charge in [-0.1, -0.05) is 0 Å². The first-order valence-electron chi connectivity index (χ1n) is 4.62. The van der Waals surface area contributed by atoms with Crippen LogP contribution >= 0.6 is 0 Å². The van der Waals surface area contributed by atoms with E-state index in [0.29, 0.717) is 13.1 Å². The van der Waals surface area contributed by atoms with Crippen LogP contribution in [0.25, 0.3) is 0 Å².